The molecular formula is C10H12N6O4. The molecule has 0 spiro atoms. The van der Waals surface area contributed by atoms with Crippen LogP contribution >= 0.6 is 0 Å². The number of nitrogen functional groups attached to an aromatic ring is 2. The molecule has 0 aliphatic rings. The molecule has 0 fully saturated rings. The Balaban J connectivity index is 1.75. The molecule has 2 rings (SSSR count). The highest BCUT2D eigenvalue weighted by molar-refractivity contribution is 5.93. The molecule has 20 heavy (non-hydrogen) atoms. The molecule has 0 atom stereocenters. The zero-order valence-electron chi connectivity index (χ0n) is 10.3. The topological polar surface area (TPSA) is 162 Å². The normalized spacial score (nSPS) is 10.2. The Kier molecular flexibility index (Phi) is 3.84. The monoisotopic (exact) mass is 280 g/mol. The third kappa shape index (κ3) is 2.85. The zero-order chi connectivity index (χ0) is 14.5. The van der Waals surface area contributed by atoms with Crippen LogP contribution in [0.5, 0.6) is 0 Å². The number of hydrogen-bond acceptors (Lipinski definition) is 8. The number of ether oxygens (including phenoxy) is 2. The molecule has 2 aromatic heterocycles. The summed E-state index contributed by atoms with van der Waals surface area (Å²) >= 11 is 0. The molecule has 0 aliphatic carbocycles. The Labute approximate surface area is 112 Å². The van der Waals surface area contributed by atoms with Crippen LogP contribution in [0.25, 0.3) is 0 Å². The molecule has 0 saturated heterocycles. The molecule has 10 nitrogen and oxygen atoms in total. The first-order valence-electron chi connectivity index (χ1n) is 5.51. The van der Waals surface area contributed by atoms with Crippen molar-refractivity contribution in [2.75, 3.05) is 24.7 Å². The molecule has 0 unspecified atom stereocenters. The van der Waals surface area contributed by atoms with Crippen LogP contribution < -0.4 is 11.5 Å². The van der Waals surface area contributed by atoms with Crippen molar-refractivity contribution in [2.24, 2.45) is 0 Å². The Bertz CT molecular complexity index is 565. The fraction of sp³-hybridized carbons (Fsp3) is 0.200. The van der Waals surface area contributed by atoms with Gasteiger partial charge in [-0.3, -0.25) is 10.2 Å². The minimum absolute atomic E-state index is 0.0501. The summed E-state index contributed by atoms with van der Waals surface area (Å²) in [5, 5.41) is 12.0. The smallest absolute Gasteiger partial charge is 0.358 e. The number of anilines is 2. The summed E-state index contributed by atoms with van der Waals surface area (Å²) in [4.78, 5) is 23.0. The highest BCUT2D eigenvalue weighted by atomic mass is 16.6. The summed E-state index contributed by atoms with van der Waals surface area (Å²) < 4.78 is 9.68. The summed E-state index contributed by atoms with van der Waals surface area (Å²) in [5.41, 5.74) is 11.4. The van der Waals surface area contributed by atoms with Gasteiger partial charge in [0.1, 0.15) is 13.2 Å². The van der Waals surface area contributed by atoms with Crippen LogP contribution in [0.15, 0.2) is 12.4 Å². The van der Waals surface area contributed by atoms with Gasteiger partial charge in [0.05, 0.1) is 23.8 Å². The number of aromatic nitrogens is 4. The third-order valence-electron chi connectivity index (χ3n) is 2.30. The van der Waals surface area contributed by atoms with Crippen molar-refractivity contribution < 1.29 is 19.1 Å². The van der Waals surface area contributed by atoms with E-state index in [4.69, 9.17) is 20.9 Å². The number of esters is 2. The lowest BCUT2D eigenvalue weighted by atomic mass is 10.4. The molecule has 2 aromatic rings. The van der Waals surface area contributed by atoms with E-state index in [-0.39, 0.29) is 36.0 Å². The van der Waals surface area contributed by atoms with E-state index in [1.807, 2.05) is 0 Å². The van der Waals surface area contributed by atoms with Crippen molar-refractivity contribution in [1.82, 2.24) is 20.4 Å². The van der Waals surface area contributed by atoms with Gasteiger partial charge in [-0.15, -0.1) is 0 Å². The van der Waals surface area contributed by atoms with E-state index in [2.05, 4.69) is 20.4 Å². The Morgan fingerprint density at radius 3 is 1.65 bits per heavy atom. The van der Waals surface area contributed by atoms with E-state index >= 15 is 0 Å². The first kappa shape index (κ1) is 13.4. The largest absolute Gasteiger partial charge is 0.457 e. The lowest BCUT2D eigenvalue weighted by Gasteiger charge is -2.05. The van der Waals surface area contributed by atoms with Gasteiger partial charge in [0.2, 0.25) is 0 Å². The van der Waals surface area contributed by atoms with Gasteiger partial charge in [-0.05, 0) is 0 Å². The summed E-state index contributed by atoms with van der Waals surface area (Å²) in [6, 6.07) is 0. The zero-order valence-corrected chi connectivity index (χ0v) is 10.3. The van der Waals surface area contributed by atoms with Crippen LogP contribution in [0.1, 0.15) is 21.0 Å². The number of H-pyrrole nitrogens is 2. The average molecular weight is 280 g/mol. The third-order valence-corrected chi connectivity index (χ3v) is 2.30. The maximum Gasteiger partial charge on any atom is 0.358 e. The number of hydrogen-bond donors (Lipinski definition) is 4. The molecular weight excluding hydrogens is 268 g/mol. The van der Waals surface area contributed by atoms with Crippen molar-refractivity contribution in [2.45, 2.75) is 0 Å². The molecule has 0 amide bonds. The number of rotatable bonds is 5. The van der Waals surface area contributed by atoms with Gasteiger partial charge in [-0.1, -0.05) is 0 Å². The van der Waals surface area contributed by atoms with Crippen molar-refractivity contribution in [3.8, 4) is 0 Å². The molecule has 0 aromatic carbocycles. The summed E-state index contributed by atoms with van der Waals surface area (Å²) in [6.45, 7) is -0.256. The molecule has 0 aliphatic heterocycles. The average Bonchev–Trinajstić information content (AvgIpc) is 3.02. The minimum Gasteiger partial charge on any atom is -0.457 e. The van der Waals surface area contributed by atoms with Crippen LogP contribution in [-0.2, 0) is 9.47 Å². The molecule has 0 saturated carbocycles. The second-order valence-electron chi connectivity index (χ2n) is 3.67. The number of nitrogens with two attached hydrogens (primary N) is 2. The van der Waals surface area contributed by atoms with Gasteiger partial charge in [0.15, 0.2) is 11.4 Å². The van der Waals surface area contributed by atoms with Crippen molar-refractivity contribution >= 4 is 23.3 Å². The number of aromatic amines is 2. The molecule has 0 radical (unpaired) electrons. The van der Waals surface area contributed by atoms with Crippen LogP contribution in [0.4, 0.5) is 11.4 Å². The molecule has 0 bridgehead atoms. The maximum atomic E-state index is 11.5. The lowest BCUT2D eigenvalue weighted by molar-refractivity contribution is 0.0260. The fourth-order valence-electron chi connectivity index (χ4n) is 1.33. The number of carbonyl (C=O) groups is 2. The molecule has 10 heteroatoms. The van der Waals surface area contributed by atoms with Crippen LogP contribution in [-0.4, -0.2) is 45.5 Å². The van der Waals surface area contributed by atoms with Gasteiger partial charge in [0, 0.05) is 0 Å². The SMILES string of the molecule is Nc1cn[nH]c1C(=O)OCCOC(=O)c1[nH]ncc1N. The number of nitrogens with one attached hydrogen (secondary N) is 2. The molecule has 2 heterocycles. The standard InChI is InChI=1S/C10H12N6O4/c11-5-3-13-15-7(5)9(17)19-1-2-20-10(18)8-6(12)4-14-16-8/h3-4H,1-2,11-12H2,(H,13,15)(H,14,16). The molecule has 106 valence electrons. The van der Waals surface area contributed by atoms with Gasteiger partial charge < -0.3 is 20.9 Å². The highest BCUT2D eigenvalue weighted by Crippen LogP contribution is 2.08. The van der Waals surface area contributed by atoms with Gasteiger partial charge in [-0.2, -0.15) is 10.2 Å². The van der Waals surface area contributed by atoms with E-state index < -0.39 is 11.9 Å². The fourth-order valence-corrected chi connectivity index (χ4v) is 1.33. The highest BCUT2D eigenvalue weighted by Gasteiger charge is 2.15. The number of nitrogens with zero attached hydrogens (tertiary/aromatic N) is 2. The van der Waals surface area contributed by atoms with Crippen LogP contribution in [0.3, 0.4) is 0 Å². The van der Waals surface area contributed by atoms with E-state index in [0.717, 1.165) is 0 Å². The van der Waals surface area contributed by atoms with Crippen molar-refractivity contribution in [3.63, 3.8) is 0 Å². The van der Waals surface area contributed by atoms with E-state index in [1.165, 1.54) is 12.4 Å². The summed E-state index contributed by atoms with van der Waals surface area (Å²) in [6.07, 6.45) is 2.58. The van der Waals surface area contributed by atoms with Crippen LogP contribution in [0, 0.1) is 0 Å². The Morgan fingerprint density at radius 1 is 0.950 bits per heavy atom. The van der Waals surface area contributed by atoms with E-state index in [0.29, 0.717) is 0 Å². The number of carbonyl (C=O) groups excluding carboxylic acids is 2. The Hall–Kier alpha value is -3.04. The summed E-state index contributed by atoms with van der Waals surface area (Å²) in [7, 11) is 0. The van der Waals surface area contributed by atoms with Gasteiger partial charge >= 0.3 is 11.9 Å². The van der Waals surface area contributed by atoms with Crippen LogP contribution in [0.2, 0.25) is 0 Å². The minimum atomic E-state index is -0.683. The second-order valence-corrected chi connectivity index (χ2v) is 3.67. The maximum absolute atomic E-state index is 11.5. The first-order chi connectivity index (χ1) is 9.59. The van der Waals surface area contributed by atoms with Gasteiger partial charge in [0.25, 0.3) is 0 Å². The van der Waals surface area contributed by atoms with E-state index in [1.54, 1.807) is 0 Å². The summed E-state index contributed by atoms with van der Waals surface area (Å²) in [5.74, 6) is -1.37. The first-order valence-corrected chi connectivity index (χ1v) is 5.51. The lowest BCUT2D eigenvalue weighted by Crippen LogP contribution is -2.16. The predicted molar refractivity (Wildman–Crippen MR) is 66.6 cm³/mol. The predicted octanol–water partition coefficient (Wildman–Crippen LogP) is -0.689. The molecule has 6 N–H and O–H groups in total. The quantitative estimate of drug-likeness (QED) is 0.413. The van der Waals surface area contributed by atoms with E-state index in [9.17, 15) is 9.59 Å². The Morgan fingerprint density at radius 2 is 1.35 bits per heavy atom. The van der Waals surface area contributed by atoms with Crippen molar-refractivity contribution in [3.05, 3.63) is 23.8 Å². The van der Waals surface area contributed by atoms with Gasteiger partial charge in [-0.25, -0.2) is 9.59 Å². The second kappa shape index (κ2) is 5.73. The van der Waals surface area contributed by atoms with Crippen molar-refractivity contribution in [1.29, 1.82) is 0 Å².